The molecule has 164 valence electrons. The zero-order valence-corrected chi connectivity index (χ0v) is 18.6. The zero-order chi connectivity index (χ0) is 22.0. The van der Waals surface area contributed by atoms with Crippen molar-refractivity contribution in [1.29, 1.82) is 0 Å². The standard InChI is InChI=1S/C22H31FN4O2S/c1-4-24-22(25-14-13-18-9-11-21(23)12-10-18)26-15-19-7-5-6-8-20(19)16-30(28,29)27-17(2)3/h5-12,17,27H,4,13-16H2,1-3H3,(H2,24,25,26). The van der Waals surface area contributed by atoms with E-state index in [0.29, 0.717) is 25.6 Å². The molecule has 2 aromatic carbocycles. The molecule has 0 aliphatic carbocycles. The molecule has 0 atom stereocenters. The molecule has 6 nitrogen and oxygen atoms in total. The van der Waals surface area contributed by atoms with Crippen LogP contribution in [0.4, 0.5) is 4.39 Å². The third-order valence-electron chi connectivity index (χ3n) is 4.25. The second-order valence-electron chi connectivity index (χ2n) is 7.30. The van der Waals surface area contributed by atoms with Crippen LogP contribution in [0.1, 0.15) is 37.5 Å². The first-order valence-electron chi connectivity index (χ1n) is 10.1. The van der Waals surface area contributed by atoms with Crippen LogP contribution in [-0.2, 0) is 28.7 Å². The van der Waals surface area contributed by atoms with E-state index in [-0.39, 0.29) is 17.6 Å². The largest absolute Gasteiger partial charge is 0.357 e. The highest BCUT2D eigenvalue weighted by Gasteiger charge is 2.15. The van der Waals surface area contributed by atoms with Gasteiger partial charge >= 0.3 is 0 Å². The number of sulfonamides is 1. The molecular formula is C22H31FN4O2S. The van der Waals surface area contributed by atoms with Crippen molar-refractivity contribution in [3.8, 4) is 0 Å². The van der Waals surface area contributed by atoms with Crippen LogP contribution in [0.2, 0.25) is 0 Å². The van der Waals surface area contributed by atoms with Gasteiger partial charge in [0.15, 0.2) is 5.96 Å². The molecule has 2 aromatic rings. The number of aliphatic imine (C=N–C) groups is 1. The lowest BCUT2D eigenvalue weighted by molar-refractivity contribution is 0.569. The topological polar surface area (TPSA) is 82.6 Å². The lowest BCUT2D eigenvalue weighted by atomic mass is 10.1. The van der Waals surface area contributed by atoms with E-state index in [9.17, 15) is 12.8 Å². The van der Waals surface area contributed by atoms with Crippen molar-refractivity contribution in [2.75, 3.05) is 13.1 Å². The van der Waals surface area contributed by atoms with Crippen LogP contribution >= 0.6 is 0 Å². The van der Waals surface area contributed by atoms with E-state index in [1.165, 1.54) is 12.1 Å². The molecule has 0 fully saturated rings. The molecule has 0 saturated heterocycles. The smallest absolute Gasteiger partial charge is 0.216 e. The molecular weight excluding hydrogens is 403 g/mol. The van der Waals surface area contributed by atoms with Crippen molar-refractivity contribution < 1.29 is 12.8 Å². The minimum absolute atomic E-state index is 0.0780. The Bertz CT molecular complexity index is 928. The fourth-order valence-electron chi connectivity index (χ4n) is 2.94. The van der Waals surface area contributed by atoms with E-state index >= 15 is 0 Å². The van der Waals surface area contributed by atoms with Gasteiger partial charge in [0.1, 0.15) is 5.82 Å². The molecule has 0 unspecified atom stereocenters. The first-order valence-corrected chi connectivity index (χ1v) is 11.8. The van der Waals surface area contributed by atoms with Crippen LogP contribution in [0.3, 0.4) is 0 Å². The molecule has 0 spiro atoms. The van der Waals surface area contributed by atoms with Crippen LogP contribution in [-0.4, -0.2) is 33.5 Å². The van der Waals surface area contributed by atoms with E-state index in [1.54, 1.807) is 26.0 Å². The normalized spacial score (nSPS) is 12.2. The van der Waals surface area contributed by atoms with E-state index in [0.717, 1.165) is 23.1 Å². The minimum Gasteiger partial charge on any atom is -0.357 e. The van der Waals surface area contributed by atoms with Crippen molar-refractivity contribution in [2.45, 2.75) is 45.5 Å². The highest BCUT2D eigenvalue weighted by atomic mass is 32.2. The molecule has 3 N–H and O–H groups in total. The Hall–Kier alpha value is -2.45. The molecule has 0 aromatic heterocycles. The maximum atomic E-state index is 13.0. The van der Waals surface area contributed by atoms with Gasteiger partial charge in [-0.2, -0.15) is 0 Å². The van der Waals surface area contributed by atoms with Crippen molar-refractivity contribution in [2.24, 2.45) is 4.99 Å². The van der Waals surface area contributed by atoms with E-state index in [2.05, 4.69) is 20.3 Å². The SMILES string of the molecule is CCNC(=NCc1ccccc1CS(=O)(=O)NC(C)C)NCCc1ccc(F)cc1. The van der Waals surface area contributed by atoms with Crippen LogP contribution < -0.4 is 15.4 Å². The number of rotatable bonds is 10. The van der Waals surface area contributed by atoms with Crippen molar-refractivity contribution in [3.05, 3.63) is 71.0 Å². The number of nitrogens with zero attached hydrogens (tertiary/aromatic N) is 1. The van der Waals surface area contributed by atoms with Crippen molar-refractivity contribution in [1.82, 2.24) is 15.4 Å². The van der Waals surface area contributed by atoms with E-state index in [4.69, 9.17) is 0 Å². The fraction of sp³-hybridized carbons (Fsp3) is 0.409. The summed E-state index contributed by atoms with van der Waals surface area (Å²) >= 11 is 0. The number of hydrogen-bond donors (Lipinski definition) is 3. The number of hydrogen-bond acceptors (Lipinski definition) is 3. The number of benzene rings is 2. The first kappa shape index (κ1) is 23.8. The van der Waals surface area contributed by atoms with Gasteiger partial charge in [-0.25, -0.2) is 22.5 Å². The Morgan fingerprint density at radius 1 is 1.03 bits per heavy atom. The monoisotopic (exact) mass is 434 g/mol. The Labute approximate surface area is 179 Å². The van der Waals surface area contributed by atoms with Gasteiger partial charge in [-0.05, 0) is 56.0 Å². The quantitative estimate of drug-likeness (QED) is 0.397. The van der Waals surface area contributed by atoms with Gasteiger partial charge in [-0.3, -0.25) is 0 Å². The average Bonchev–Trinajstić information content (AvgIpc) is 2.67. The van der Waals surface area contributed by atoms with Crippen LogP contribution in [0.5, 0.6) is 0 Å². The number of halogens is 1. The van der Waals surface area contributed by atoms with Gasteiger partial charge in [0.05, 0.1) is 12.3 Å². The number of guanidine groups is 1. The lowest BCUT2D eigenvalue weighted by Gasteiger charge is -2.14. The molecule has 0 radical (unpaired) electrons. The minimum atomic E-state index is -3.41. The van der Waals surface area contributed by atoms with Gasteiger partial charge < -0.3 is 10.6 Å². The summed E-state index contributed by atoms with van der Waals surface area (Å²) in [4.78, 5) is 4.60. The molecule has 0 heterocycles. The summed E-state index contributed by atoms with van der Waals surface area (Å²) < 4.78 is 40.2. The van der Waals surface area contributed by atoms with Crippen LogP contribution in [0.15, 0.2) is 53.5 Å². The summed E-state index contributed by atoms with van der Waals surface area (Å²) in [6.07, 6.45) is 0.737. The Morgan fingerprint density at radius 2 is 1.70 bits per heavy atom. The summed E-state index contributed by atoms with van der Waals surface area (Å²) in [7, 11) is -3.41. The molecule has 30 heavy (non-hydrogen) atoms. The summed E-state index contributed by atoms with van der Waals surface area (Å²) in [5, 5.41) is 6.45. The zero-order valence-electron chi connectivity index (χ0n) is 17.8. The maximum absolute atomic E-state index is 13.0. The van der Waals surface area contributed by atoms with Gasteiger partial charge in [-0.1, -0.05) is 36.4 Å². The first-order chi connectivity index (χ1) is 14.3. The number of nitrogens with one attached hydrogen (secondary N) is 3. The fourth-order valence-corrected chi connectivity index (χ4v) is 4.43. The van der Waals surface area contributed by atoms with Crippen molar-refractivity contribution in [3.63, 3.8) is 0 Å². The summed E-state index contributed by atoms with van der Waals surface area (Å²) in [6, 6.07) is 13.7. The molecule has 0 amide bonds. The third kappa shape index (κ3) is 8.51. The summed E-state index contributed by atoms with van der Waals surface area (Å²) in [6.45, 7) is 7.29. The Kier molecular flexibility index (Phi) is 9.26. The second kappa shape index (κ2) is 11.7. The van der Waals surface area contributed by atoms with Crippen LogP contribution in [0.25, 0.3) is 0 Å². The van der Waals surface area contributed by atoms with Gasteiger partial charge in [-0.15, -0.1) is 0 Å². The second-order valence-corrected chi connectivity index (χ2v) is 9.05. The lowest BCUT2D eigenvalue weighted by Crippen LogP contribution is -2.38. The predicted octanol–water partition coefficient (Wildman–Crippen LogP) is 2.95. The molecule has 0 aliphatic rings. The summed E-state index contributed by atoms with van der Waals surface area (Å²) in [5.74, 6) is 0.328. The highest BCUT2D eigenvalue weighted by molar-refractivity contribution is 7.88. The van der Waals surface area contributed by atoms with E-state index in [1.807, 2.05) is 31.2 Å². The third-order valence-corrected chi connectivity index (χ3v) is 5.77. The average molecular weight is 435 g/mol. The van der Waals surface area contributed by atoms with E-state index < -0.39 is 10.0 Å². The molecule has 0 aliphatic heterocycles. The Balaban J connectivity index is 2.02. The maximum Gasteiger partial charge on any atom is 0.216 e. The molecule has 8 heteroatoms. The van der Waals surface area contributed by atoms with Gasteiger partial charge in [0.25, 0.3) is 0 Å². The molecule has 2 rings (SSSR count). The van der Waals surface area contributed by atoms with Crippen LogP contribution in [0, 0.1) is 5.82 Å². The summed E-state index contributed by atoms with van der Waals surface area (Å²) in [5.41, 5.74) is 2.63. The van der Waals surface area contributed by atoms with Gasteiger partial charge in [0, 0.05) is 19.1 Å². The van der Waals surface area contributed by atoms with Gasteiger partial charge in [0.2, 0.25) is 10.0 Å². The molecule has 0 saturated carbocycles. The Morgan fingerprint density at radius 3 is 2.33 bits per heavy atom. The van der Waals surface area contributed by atoms with Crippen molar-refractivity contribution >= 4 is 16.0 Å². The molecule has 0 bridgehead atoms. The highest BCUT2D eigenvalue weighted by Crippen LogP contribution is 2.14. The predicted molar refractivity (Wildman–Crippen MR) is 120 cm³/mol.